The topological polar surface area (TPSA) is 53.1 Å². The lowest BCUT2D eigenvalue weighted by molar-refractivity contribution is 0.270. The number of aryl methyl sites for hydroxylation is 1. The molecule has 0 aromatic carbocycles. The minimum atomic E-state index is 0.0341. The number of aromatic nitrogens is 2. The second kappa shape index (κ2) is 3.91. The van der Waals surface area contributed by atoms with E-state index in [-0.39, 0.29) is 6.04 Å². The Bertz CT molecular complexity index is 240. The van der Waals surface area contributed by atoms with Gasteiger partial charge in [0.15, 0.2) is 0 Å². The minimum Gasteiger partial charge on any atom is -0.475 e. The van der Waals surface area contributed by atoms with Gasteiger partial charge in [-0.1, -0.05) is 0 Å². The summed E-state index contributed by atoms with van der Waals surface area (Å²) in [5, 5.41) is 4.00. The predicted octanol–water partition coefficient (Wildman–Crippen LogP) is 0.909. The molecule has 0 radical (unpaired) electrons. The van der Waals surface area contributed by atoms with Gasteiger partial charge in [0, 0.05) is 13.1 Å². The number of nitrogens with zero attached hydrogens (tertiary/aromatic N) is 2. The third-order valence-corrected chi connectivity index (χ3v) is 1.87. The summed E-state index contributed by atoms with van der Waals surface area (Å²) < 4.78 is 7.91. The Hall–Kier alpha value is -0.550. The normalized spacial score (nSPS) is 13.0. The fourth-order valence-corrected chi connectivity index (χ4v) is 1.23. The molecule has 1 rings (SSSR count). The van der Waals surface area contributed by atoms with E-state index < -0.39 is 0 Å². The van der Waals surface area contributed by atoms with Gasteiger partial charge in [-0.15, -0.1) is 0 Å². The number of ether oxygens (including phenoxy) is 1. The van der Waals surface area contributed by atoms with E-state index in [0.717, 1.165) is 4.47 Å². The molecular formula is C7H12BrN3O. The highest BCUT2D eigenvalue weighted by Crippen LogP contribution is 2.22. The summed E-state index contributed by atoms with van der Waals surface area (Å²) in [5.74, 6) is 0.715. The van der Waals surface area contributed by atoms with Gasteiger partial charge >= 0.3 is 0 Å². The summed E-state index contributed by atoms with van der Waals surface area (Å²) in [6.07, 6.45) is 1.69. The van der Waals surface area contributed by atoms with E-state index in [4.69, 9.17) is 10.5 Å². The molecule has 1 heterocycles. The first-order chi connectivity index (χ1) is 5.61. The molecule has 0 saturated heterocycles. The van der Waals surface area contributed by atoms with Gasteiger partial charge in [-0.2, -0.15) is 5.10 Å². The van der Waals surface area contributed by atoms with Crippen LogP contribution in [0.25, 0.3) is 0 Å². The fraction of sp³-hybridized carbons (Fsp3) is 0.571. The van der Waals surface area contributed by atoms with E-state index in [1.807, 2.05) is 14.0 Å². The first-order valence-corrected chi connectivity index (χ1v) is 4.46. The van der Waals surface area contributed by atoms with Gasteiger partial charge in [0.1, 0.15) is 6.61 Å². The standard InChI is InChI=1S/C7H12BrN3O/c1-5(9)4-12-7-6(8)3-10-11(7)2/h3,5H,4,9H2,1-2H3. The van der Waals surface area contributed by atoms with Crippen molar-refractivity contribution in [3.8, 4) is 5.88 Å². The minimum absolute atomic E-state index is 0.0341. The lowest BCUT2D eigenvalue weighted by Gasteiger charge is -2.08. The molecule has 1 unspecified atom stereocenters. The van der Waals surface area contributed by atoms with E-state index in [9.17, 15) is 0 Å². The van der Waals surface area contributed by atoms with Crippen LogP contribution in [0.1, 0.15) is 6.92 Å². The van der Waals surface area contributed by atoms with Crippen molar-refractivity contribution in [1.82, 2.24) is 9.78 Å². The highest BCUT2D eigenvalue weighted by Gasteiger charge is 2.07. The molecule has 0 aliphatic heterocycles. The molecule has 0 bridgehead atoms. The van der Waals surface area contributed by atoms with Gasteiger partial charge in [0.05, 0.1) is 10.7 Å². The molecule has 2 N–H and O–H groups in total. The summed E-state index contributed by atoms with van der Waals surface area (Å²) >= 11 is 3.32. The monoisotopic (exact) mass is 233 g/mol. The number of nitrogens with two attached hydrogens (primary N) is 1. The highest BCUT2D eigenvalue weighted by molar-refractivity contribution is 9.10. The Kier molecular flexibility index (Phi) is 3.11. The SMILES string of the molecule is CC(N)COc1c(Br)cnn1C. The third kappa shape index (κ3) is 2.22. The third-order valence-electron chi connectivity index (χ3n) is 1.33. The molecule has 0 spiro atoms. The first-order valence-electron chi connectivity index (χ1n) is 3.67. The smallest absolute Gasteiger partial charge is 0.226 e. The van der Waals surface area contributed by atoms with Crippen molar-refractivity contribution in [1.29, 1.82) is 0 Å². The van der Waals surface area contributed by atoms with Gasteiger partial charge in [0.25, 0.3) is 0 Å². The Morgan fingerprint density at radius 3 is 2.92 bits per heavy atom. The van der Waals surface area contributed by atoms with Gasteiger partial charge in [-0.3, -0.25) is 0 Å². The van der Waals surface area contributed by atoms with E-state index in [1.165, 1.54) is 0 Å². The zero-order valence-electron chi connectivity index (χ0n) is 7.12. The average Bonchev–Trinajstić information content (AvgIpc) is 2.28. The van der Waals surface area contributed by atoms with Crippen molar-refractivity contribution in [3.05, 3.63) is 10.7 Å². The van der Waals surface area contributed by atoms with Crippen LogP contribution in [0.4, 0.5) is 0 Å². The largest absolute Gasteiger partial charge is 0.475 e. The molecule has 0 fully saturated rings. The predicted molar refractivity (Wildman–Crippen MR) is 50.1 cm³/mol. The number of hydrogen-bond donors (Lipinski definition) is 1. The lowest BCUT2D eigenvalue weighted by Crippen LogP contribution is -2.24. The average molecular weight is 234 g/mol. The van der Waals surface area contributed by atoms with Crippen LogP contribution in [0.2, 0.25) is 0 Å². The fourth-order valence-electron chi connectivity index (χ4n) is 0.772. The van der Waals surface area contributed by atoms with Gasteiger partial charge in [-0.05, 0) is 22.9 Å². The Labute approximate surface area is 79.8 Å². The summed E-state index contributed by atoms with van der Waals surface area (Å²) in [6.45, 7) is 2.39. The van der Waals surface area contributed by atoms with Gasteiger partial charge < -0.3 is 10.5 Å². The van der Waals surface area contributed by atoms with Gasteiger partial charge in [0.2, 0.25) is 5.88 Å². The molecule has 0 amide bonds. The Morgan fingerprint density at radius 2 is 2.50 bits per heavy atom. The van der Waals surface area contributed by atoms with Crippen LogP contribution in [-0.2, 0) is 7.05 Å². The van der Waals surface area contributed by atoms with Crippen LogP contribution in [0.3, 0.4) is 0 Å². The molecule has 1 aromatic heterocycles. The molecule has 0 aliphatic rings. The summed E-state index contributed by atoms with van der Waals surface area (Å²) in [6, 6.07) is 0.0341. The second-order valence-corrected chi connectivity index (χ2v) is 3.56. The quantitative estimate of drug-likeness (QED) is 0.845. The van der Waals surface area contributed by atoms with Crippen molar-refractivity contribution >= 4 is 15.9 Å². The number of halogens is 1. The molecule has 0 aliphatic carbocycles. The molecule has 12 heavy (non-hydrogen) atoms. The van der Waals surface area contributed by atoms with Crippen molar-refractivity contribution in [2.24, 2.45) is 12.8 Å². The van der Waals surface area contributed by atoms with Gasteiger partial charge in [-0.25, -0.2) is 4.68 Å². The van der Waals surface area contributed by atoms with E-state index >= 15 is 0 Å². The maximum atomic E-state index is 5.54. The van der Waals surface area contributed by atoms with Crippen molar-refractivity contribution in [3.63, 3.8) is 0 Å². The summed E-state index contributed by atoms with van der Waals surface area (Å²) in [4.78, 5) is 0. The van der Waals surface area contributed by atoms with E-state index in [0.29, 0.717) is 12.5 Å². The molecular weight excluding hydrogens is 222 g/mol. The highest BCUT2D eigenvalue weighted by atomic mass is 79.9. The van der Waals surface area contributed by atoms with Crippen LogP contribution in [0, 0.1) is 0 Å². The van der Waals surface area contributed by atoms with Crippen LogP contribution >= 0.6 is 15.9 Å². The first kappa shape index (κ1) is 9.54. The van der Waals surface area contributed by atoms with Crippen molar-refractivity contribution < 1.29 is 4.74 Å². The maximum Gasteiger partial charge on any atom is 0.226 e. The van der Waals surface area contributed by atoms with Crippen LogP contribution in [0.15, 0.2) is 10.7 Å². The zero-order chi connectivity index (χ0) is 9.14. The molecule has 68 valence electrons. The molecule has 0 saturated carbocycles. The molecule has 1 aromatic rings. The van der Waals surface area contributed by atoms with E-state index in [2.05, 4.69) is 21.0 Å². The van der Waals surface area contributed by atoms with Crippen LogP contribution in [0.5, 0.6) is 5.88 Å². The maximum absolute atomic E-state index is 5.54. The molecule has 1 atom stereocenters. The Morgan fingerprint density at radius 1 is 1.83 bits per heavy atom. The molecule has 4 nitrogen and oxygen atoms in total. The van der Waals surface area contributed by atoms with Crippen LogP contribution in [-0.4, -0.2) is 22.4 Å². The van der Waals surface area contributed by atoms with E-state index in [1.54, 1.807) is 10.9 Å². The summed E-state index contributed by atoms with van der Waals surface area (Å²) in [5.41, 5.74) is 5.54. The number of hydrogen-bond acceptors (Lipinski definition) is 3. The zero-order valence-corrected chi connectivity index (χ0v) is 8.71. The second-order valence-electron chi connectivity index (χ2n) is 2.71. The summed E-state index contributed by atoms with van der Waals surface area (Å²) in [7, 11) is 1.82. The number of rotatable bonds is 3. The molecule has 5 heteroatoms. The van der Waals surface area contributed by atoms with Crippen molar-refractivity contribution in [2.45, 2.75) is 13.0 Å². The Balaban J connectivity index is 2.62. The lowest BCUT2D eigenvalue weighted by atomic mass is 10.4. The van der Waals surface area contributed by atoms with Crippen LogP contribution < -0.4 is 10.5 Å². The van der Waals surface area contributed by atoms with Crippen molar-refractivity contribution in [2.75, 3.05) is 6.61 Å².